The zero-order chi connectivity index (χ0) is 32.1. The molecule has 5 rings (SSSR count). The molecule has 9 nitrogen and oxygen atoms in total. The summed E-state index contributed by atoms with van der Waals surface area (Å²) in [5.74, 6) is 0.372. The lowest BCUT2D eigenvalue weighted by Gasteiger charge is -2.31. The van der Waals surface area contributed by atoms with Gasteiger partial charge >= 0.3 is 6.03 Å². The maximum absolute atomic E-state index is 13.2. The van der Waals surface area contributed by atoms with E-state index in [0.29, 0.717) is 37.4 Å². The summed E-state index contributed by atoms with van der Waals surface area (Å²) in [5.41, 5.74) is 3.11. The van der Waals surface area contributed by atoms with Crippen molar-refractivity contribution in [1.82, 2.24) is 19.8 Å². The van der Waals surface area contributed by atoms with Crippen LogP contribution in [0.2, 0.25) is 0 Å². The number of benzene rings is 2. The van der Waals surface area contributed by atoms with Crippen LogP contribution in [0, 0.1) is 0 Å². The summed E-state index contributed by atoms with van der Waals surface area (Å²) in [5, 5.41) is 16.9. The van der Waals surface area contributed by atoms with E-state index in [1.807, 2.05) is 47.4 Å². The van der Waals surface area contributed by atoms with Gasteiger partial charge in [-0.2, -0.15) is 0 Å². The number of aliphatic hydroxyl groups is 1. The van der Waals surface area contributed by atoms with E-state index in [9.17, 15) is 23.5 Å². The quantitative estimate of drug-likeness (QED) is 0.195. The Hall–Kier alpha value is -4.35. The van der Waals surface area contributed by atoms with Crippen LogP contribution in [0.3, 0.4) is 0 Å². The fourth-order valence-corrected chi connectivity index (χ4v) is 5.78. The van der Waals surface area contributed by atoms with E-state index < -0.39 is 12.0 Å². The zero-order valence-corrected chi connectivity index (χ0v) is 25.8. The molecule has 3 heterocycles. The lowest BCUT2D eigenvalue weighted by Crippen LogP contribution is -2.36. The van der Waals surface area contributed by atoms with Gasteiger partial charge in [-0.1, -0.05) is 12.1 Å². The Balaban J connectivity index is 1.31. The van der Waals surface area contributed by atoms with E-state index >= 15 is 0 Å². The Morgan fingerprint density at radius 3 is 2.42 bits per heavy atom. The van der Waals surface area contributed by atoms with E-state index in [2.05, 4.69) is 15.6 Å². The average molecular weight is 619 g/mol. The fourth-order valence-electron chi connectivity index (χ4n) is 5.78. The van der Waals surface area contributed by atoms with Crippen LogP contribution < -0.4 is 15.5 Å². The Morgan fingerprint density at radius 2 is 1.76 bits per heavy atom. The number of rotatable bonds is 10. The number of halogens is 2. The minimum atomic E-state index is -2.32. The molecule has 0 radical (unpaired) electrons. The molecular formula is C34H40F2N6O3. The van der Waals surface area contributed by atoms with Crippen molar-refractivity contribution < 1.29 is 23.5 Å². The molecule has 1 fully saturated rings. The summed E-state index contributed by atoms with van der Waals surface area (Å²) in [7, 11) is 1.59. The van der Waals surface area contributed by atoms with Crippen LogP contribution in [-0.2, 0) is 0 Å². The van der Waals surface area contributed by atoms with Gasteiger partial charge in [-0.05, 0) is 100 Å². The number of alkyl halides is 2. The highest BCUT2D eigenvalue weighted by molar-refractivity contribution is 6.04. The Morgan fingerprint density at radius 1 is 1.04 bits per heavy atom. The number of carbonyl (C=O) groups is 2. The van der Waals surface area contributed by atoms with Crippen molar-refractivity contribution in [2.24, 2.45) is 0 Å². The normalized spacial score (nSPS) is 14.6. The van der Waals surface area contributed by atoms with Gasteiger partial charge in [-0.25, -0.2) is 18.6 Å². The number of likely N-dealkylation sites (tertiary alicyclic amines) is 1. The summed E-state index contributed by atoms with van der Waals surface area (Å²) < 4.78 is 27.0. The van der Waals surface area contributed by atoms with E-state index in [0.717, 1.165) is 40.7 Å². The smallest absolute Gasteiger partial charge is 0.325 e. The minimum Gasteiger partial charge on any atom is -0.390 e. The van der Waals surface area contributed by atoms with Crippen molar-refractivity contribution in [3.05, 3.63) is 84.2 Å². The fraction of sp³-hybridized carbons (Fsp3) is 0.382. The van der Waals surface area contributed by atoms with Crippen molar-refractivity contribution in [3.63, 3.8) is 0 Å². The molecule has 1 saturated heterocycles. The predicted molar refractivity (Wildman–Crippen MR) is 173 cm³/mol. The number of nitrogens with zero attached hydrogens (tertiary/aromatic N) is 4. The van der Waals surface area contributed by atoms with Crippen LogP contribution in [-0.4, -0.2) is 76.7 Å². The van der Waals surface area contributed by atoms with E-state index in [1.54, 1.807) is 61.0 Å². The number of pyridine rings is 1. The second-order valence-electron chi connectivity index (χ2n) is 12.1. The number of carbonyl (C=O) groups excluding carboxylic acids is 2. The molecule has 2 aromatic carbocycles. The molecule has 0 bridgehead atoms. The number of hydrogen-bond acceptors (Lipinski definition) is 6. The van der Waals surface area contributed by atoms with Crippen molar-refractivity contribution in [3.8, 4) is 0 Å². The monoisotopic (exact) mass is 618 g/mol. The molecule has 238 valence electrons. The van der Waals surface area contributed by atoms with Gasteiger partial charge in [-0.15, -0.1) is 0 Å². The number of aromatic nitrogens is 2. The molecule has 3 N–H and O–H groups in total. The molecule has 0 spiro atoms. The Bertz CT molecular complexity index is 1630. The molecule has 11 heteroatoms. The van der Waals surface area contributed by atoms with Gasteiger partial charge in [0, 0.05) is 54.4 Å². The lowest BCUT2D eigenvalue weighted by molar-refractivity contribution is 0.0736. The molecule has 2 aromatic heterocycles. The number of piperidine rings is 1. The van der Waals surface area contributed by atoms with Crippen molar-refractivity contribution in [1.29, 1.82) is 0 Å². The third-order valence-corrected chi connectivity index (χ3v) is 8.29. The van der Waals surface area contributed by atoms with Crippen LogP contribution in [0.1, 0.15) is 54.9 Å². The molecule has 45 heavy (non-hydrogen) atoms. The number of anilines is 3. The van der Waals surface area contributed by atoms with Crippen LogP contribution in [0.15, 0.2) is 73.1 Å². The third-order valence-electron chi connectivity index (χ3n) is 8.29. The van der Waals surface area contributed by atoms with Gasteiger partial charge in [0.25, 0.3) is 12.3 Å². The standard InChI is InChI=1S/C34H40F2N6O3/c1-34(2,45)14-19-41(27-8-9-29-26(20-27)13-18-42(29)33(44)37-3)28-10-15-38-31(21-28)39-32(43)25-6-4-23(5-7-25)24-11-16-40(17-12-24)22-30(35)36/h4-10,13,15,18,20-21,24,30,45H,11-12,14,16-17,19,22H2,1-3H3,(H,37,44)(H,38,39,43). The average Bonchev–Trinajstić information content (AvgIpc) is 3.44. The van der Waals surface area contributed by atoms with Gasteiger partial charge in [0.1, 0.15) is 5.82 Å². The van der Waals surface area contributed by atoms with E-state index in [1.165, 1.54) is 0 Å². The summed E-state index contributed by atoms with van der Waals surface area (Å²) in [6.07, 6.45) is 3.14. The van der Waals surface area contributed by atoms with Gasteiger partial charge in [0.2, 0.25) is 0 Å². The number of fused-ring (bicyclic) bond motifs is 1. The summed E-state index contributed by atoms with van der Waals surface area (Å²) in [6.45, 7) is 5.12. The maximum atomic E-state index is 13.2. The summed E-state index contributed by atoms with van der Waals surface area (Å²) in [6, 6.07) is 18.6. The largest absolute Gasteiger partial charge is 0.390 e. The van der Waals surface area contributed by atoms with Crippen LogP contribution >= 0.6 is 0 Å². The highest BCUT2D eigenvalue weighted by Crippen LogP contribution is 2.32. The van der Waals surface area contributed by atoms with Gasteiger partial charge in [0.05, 0.1) is 17.7 Å². The van der Waals surface area contributed by atoms with Gasteiger partial charge in [-0.3, -0.25) is 14.3 Å². The number of nitrogens with one attached hydrogen (secondary N) is 2. The molecule has 1 aliphatic heterocycles. The van der Waals surface area contributed by atoms with Crippen LogP contribution in [0.25, 0.3) is 10.9 Å². The van der Waals surface area contributed by atoms with Crippen LogP contribution in [0.4, 0.5) is 30.8 Å². The first-order valence-electron chi connectivity index (χ1n) is 15.2. The van der Waals surface area contributed by atoms with Crippen LogP contribution in [0.5, 0.6) is 0 Å². The maximum Gasteiger partial charge on any atom is 0.325 e. The SMILES string of the molecule is CNC(=O)n1ccc2cc(N(CCC(C)(C)O)c3ccnc(NC(=O)c4ccc(C5CCN(CC(F)F)CC5)cc4)c3)ccc21. The topological polar surface area (TPSA) is 103 Å². The highest BCUT2D eigenvalue weighted by atomic mass is 19.3. The first kappa shape index (κ1) is 32.1. The lowest BCUT2D eigenvalue weighted by atomic mass is 9.89. The molecule has 0 atom stereocenters. The molecule has 0 unspecified atom stereocenters. The number of hydrogen-bond donors (Lipinski definition) is 3. The second-order valence-corrected chi connectivity index (χ2v) is 12.1. The molecule has 2 amide bonds. The second kappa shape index (κ2) is 13.7. The van der Waals surface area contributed by atoms with E-state index in [-0.39, 0.29) is 24.4 Å². The van der Waals surface area contributed by atoms with Gasteiger partial charge < -0.3 is 20.6 Å². The van der Waals surface area contributed by atoms with Crippen molar-refractivity contribution >= 4 is 40.0 Å². The highest BCUT2D eigenvalue weighted by Gasteiger charge is 2.23. The zero-order valence-electron chi connectivity index (χ0n) is 25.8. The Kier molecular flexibility index (Phi) is 9.79. The first-order valence-corrected chi connectivity index (χ1v) is 15.2. The molecule has 0 aliphatic carbocycles. The summed E-state index contributed by atoms with van der Waals surface area (Å²) >= 11 is 0. The van der Waals surface area contributed by atoms with Gasteiger partial charge in [0.15, 0.2) is 0 Å². The molecule has 4 aromatic rings. The number of amides is 2. The minimum absolute atomic E-state index is 0.180. The molecule has 1 aliphatic rings. The Labute approximate surface area is 261 Å². The molecular weight excluding hydrogens is 578 g/mol. The molecule has 0 saturated carbocycles. The predicted octanol–water partition coefficient (Wildman–Crippen LogP) is 6.22. The summed E-state index contributed by atoms with van der Waals surface area (Å²) in [4.78, 5) is 33.7. The third kappa shape index (κ3) is 8.03. The van der Waals surface area contributed by atoms with Crippen molar-refractivity contribution in [2.45, 2.75) is 51.1 Å². The first-order chi connectivity index (χ1) is 21.5. The van der Waals surface area contributed by atoms with Crippen molar-refractivity contribution in [2.75, 3.05) is 43.4 Å². The van der Waals surface area contributed by atoms with E-state index in [4.69, 9.17) is 0 Å².